The van der Waals surface area contributed by atoms with Gasteiger partial charge in [0.2, 0.25) is 0 Å². The van der Waals surface area contributed by atoms with Gasteiger partial charge in [0.05, 0.1) is 6.54 Å². The summed E-state index contributed by atoms with van der Waals surface area (Å²) in [6, 6.07) is 0. The van der Waals surface area contributed by atoms with Crippen molar-refractivity contribution in [1.29, 1.82) is 0 Å². The van der Waals surface area contributed by atoms with Crippen LogP contribution in [0.3, 0.4) is 0 Å². The predicted molar refractivity (Wildman–Crippen MR) is 83.5 cm³/mol. The third kappa shape index (κ3) is 4.17. The number of nitrogens with zero attached hydrogens (tertiary/aromatic N) is 7. The Morgan fingerprint density at radius 3 is 2.88 bits per heavy atom. The highest BCUT2D eigenvalue weighted by molar-refractivity contribution is 5.09. The van der Waals surface area contributed by atoms with Crippen molar-refractivity contribution >= 4 is 0 Å². The Labute approximate surface area is 143 Å². The molecule has 0 bridgehead atoms. The van der Waals surface area contributed by atoms with Gasteiger partial charge >= 0.3 is 6.18 Å². The summed E-state index contributed by atoms with van der Waals surface area (Å²) in [6.45, 7) is 4.79. The summed E-state index contributed by atoms with van der Waals surface area (Å²) in [5.41, 5.74) is -0.796. The highest BCUT2D eigenvalue weighted by atomic mass is 19.4. The SMILES string of the molecule is CCCn1nnnc1CN(C)C[C@@H]1CCc2nc(C(F)(F)F)cn2C1. The number of aromatic nitrogens is 6. The first-order valence-corrected chi connectivity index (χ1v) is 8.43. The second-order valence-corrected chi connectivity index (χ2v) is 6.61. The molecule has 0 aliphatic carbocycles. The summed E-state index contributed by atoms with van der Waals surface area (Å²) >= 11 is 0. The molecule has 0 N–H and O–H groups in total. The molecule has 10 heteroatoms. The number of hydrogen-bond donors (Lipinski definition) is 0. The van der Waals surface area contributed by atoms with Crippen LogP contribution in [0.25, 0.3) is 0 Å². The third-order valence-corrected chi connectivity index (χ3v) is 4.40. The smallest absolute Gasteiger partial charge is 0.334 e. The maximum atomic E-state index is 12.8. The molecule has 3 rings (SSSR count). The van der Waals surface area contributed by atoms with Crippen LogP contribution in [0.4, 0.5) is 13.2 Å². The first-order valence-electron chi connectivity index (χ1n) is 8.43. The third-order valence-electron chi connectivity index (χ3n) is 4.40. The Balaban J connectivity index is 1.59. The van der Waals surface area contributed by atoms with Crippen molar-refractivity contribution in [1.82, 2.24) is 34.7 Å². The summed E-state index contributed by atoms with van der Waals surface area (Å²) in [7, 11) is 1.98. The zero-order valence-electron chi connectivity index (χ0n) is 14.4. The molecule has 0 radical (unpaired) electrons. The molecule has 7 nitrogen and oxygen atoms in total. The van der Waals surface area contributed by atoms with Crippen molar-refractivity contribution in [2.75, 3.05) is 13.6 Å². The molecule has 138 valence electrons. The maximum absolute atomic E-state index is 12.8. The van der Waals surface area contributed by atoms with Crippen LogP contribution >= 0.6 is 0 Å². The molecular weight excluding hydrogens is 335 g/mol. The van der Waals surface area contributed by atoms with E-state index in [4.69, 9.17) is 0 Å². The molecule has 0 spiro atoms. The summed E-state index contributed by atoms with van der Waals surface area (Å²) in [4.78, 5) is 5.84. The van der Waals surface area contributed by atoms with E-state index in [9.17, 15) is 13.2 Å². The minimum atomic E-state index is -4.38. The molecule has 0 saturated carbocycles. The molecule has 0 fully saturated rings. The van der Waals surface area contributed by atoms with E-state index < -0.39 is 11.9 Å². The number of alkyl halides is 3. The molecule has 0 unspecified atom stereocenters. The van der Waals surface area contributed by atoms with Gasteiger partial charge < -0.3 is 4.57 Å². The summed E-state index contributed by atoms with van der Waals surface area (Å²) < 4.78 is 41.8. The number of rotatable bonds is 6. The molecule has 3 heterocycles. The fraction of sp³-hybridized carbons (Fsp3) is 0.733. The van der Waals surface area contributed by atoms with Gasteiger partial charge in [-0.3, -0.25) is 4.90 Å². The van der Waals surface area contributed by atoms with E-state index in [0.29, 0.717) is 25.3 Å². The second kappa shape index (κ2) is 7.11. The maximum Gasteiger partial charge on any atom is 0.434 e. The number of halogens is 3. The Morgan fingerprint density at radius 1 is 1.36 bits per heavy atom. The monoisotopic (exact) mass is 357 g/mol. The summed E-state index contributed by atoms with van der Waals surface area (Å²) in [6.07, 6.45) is -0.897. The molecule has 25 heavy (non-hydrogen) atoms. The zero-order chi connectivity index (χ0) is 18.0. The number of fused-ring (bicyclic) bond motifs is 1. The average Bonchev–Trinajstić information content (AvgIpc) is 3.14. The van der Waals surface area contributed by atoms with Crippen molar-refractivity contribution in [2.24, 2.45) is 5.92 Å². The van der Waals surface area contributed by atoms with Crippen molar-refractivity contribution in [3.63, 3.8) is 0 Å². The van der Waals surface area contributed by atoms with Gasteiger partial charge in [0.25, 0.3) is 0 Å². The van der Waals surface area contributed by atoms with Crippen molar-refractivity contribution in [3.8, 4) is 0 Å². The Hall–Kier alpha value is -1.97. The fourth-order valence-electron chi connectivity index (χ4n) is 3.27. The number of aryl methyl sites for hydroxylation is 2. The van der Waals surface area contributed by atoms with Crippen LogP contribution < -0.4 is 0 Å². The molecule has 0 aromatic carbocycles. The average molecular weight is 357 g/mol. The molecular formula is C15H22F3N7. The van der Waals surface area contributed by atoms with Crippen molar-refractivity contribution in [3.05, 3.63) is 23.5 Å². The predicted octanol–water partition coefficient (Wildman–Crippen LogP) is 1.99. The van der Waals surface area contributed by atoms with E-state index in [1.165, 1.54) is 0 Å². The van der Waals surface area contributed by atoms with Gasteiger partial charge in [0, 0.05) is 32.3 Å². The van der Waals surface area contributed by atoms with Gasteiger partial charge in [-0.05, 0) is 36.2 Å². The highest BCUT2D eigenvalue weighted by Crippen LogP contribution is 2.30. The molecule has 2 aromatic rings. The van der Waals surface area contributed by atoms with Gasteiger partial charge in [0.15, 0.2) is 11.5 Å². The molecule has 0 saturated heterocycles. The van der Waals surface area contributed by atoms with E-state index >= 15 is 0 Å². The lowest BCUT2D eigenvalue weighted by Crippen LogP contribution is -2.32. The summed E-state index contributed by atoms with van der Waals surface area (Å²) in [5.74, 6) is 1.62. The van der Waals surface area contributed by atoms with Crippen LogP contribution in [0.1, 0.15) is 37.1 Å². The van der Waals surface area contributed by atoms with Gasteiger partial charge in [-0.2, -0.15) is 13.2 Å². The van der Waals surface area contributed by atoms with Gasteiger partial charge in [-0.15, -0.1) is 5.10 Å². The topological polar surface area (TPSA) is 64.7 Å². The van der Waals surface area contributed by atoms with E-state index in [1.54, 1.807) is 9.25 Å². The van der Waals surface area contributed by atoms with Crippen LogP contribution in [-0.2, 0) is 32.2 Å². The Kier molecular flexibility index (Phi) is 5.07. The van der Waals surface area contributed by atoms with Gasteiger partial charge in [0.1, 0.15) is 5.82 Å². The lowest BCUT2D eigenvalue weighted by Gasteiger charge is -2.27. The van der Waals surface area contributed by atoms with E-state index in [1.807, 2.05) is 7.05 Å². The Morgan fingerprint density at radius 2 is 2.16 bits per heavy atom. The normalized spacial score (nSPS) is 17.9. The van der Waals surface area contributed by atoms with E-state index in [2.05, 4.69) is 32.3 Å². The number of imidazole rings is 1. The van der Waals surface area contributed by atoms with Crippen LogP contribution in [0.5, 0.6) is 0 Å². The molecule has 0 amide bonds. The number of tetrazole rings is 1. The largest absolute Gasteiger partial charge is 0.434 e. The minimum Gasteiger partial charge on any atom is -0.334 e. The zero-order valence-corrected chi connectivity index (χ0v) is 14.4. The van der Waals surface area contributed by atoms with Crippen LogP contribution in [0.2, 0.25) is 0 Å². The van der Waals surface area contributed by atoms with Crippen LogP contribution in [-0.4, -0.2) is 48.3 Å². The molecule has 1 aliphatic heterocycles. The van der Waals surface area contributed by atoms with E-state index in [-0.39, 0.29) is 5.92 Å². The lowest BCUT2D eigenvalue weighted by atomic mass is 9.99. The Bertz CT molecular complexity index is 706. The van der Waals surface area contributed by atoms with Crippen molar-refractivity contribution in [2.45, 2.75) is 52.0 Å². The molecule has 1 atom stereocenters. The highest BCUT2D eigenvalue weighted by Gasteiger charge is 2.35. The molecule has 1 aliphatic rings. The number of hydrogen-bond acceptors (Lipinski definition) is 5. The van der Waals surface area contributed by atoms with Gasteiger partial charge in [-0.1, -0.05) is 6.92 Å². The quantitative estimate of drug-likeness (QED) is 0.791. The van der Waals surface area contributed by atoms with E-state index in [0.717, 1.165) is 38.0 Å². The van der Waals surface area contributed by atoms with Crippen molar-refractivity contribution < 1.29 is 13.2 Å². The molecule has 2 aromatic heterocycles. The first-order chi connectivity index (χ1) is 11.9. The van der Waals surface area contributed by atoms with Crippen LogP contribution in [0, 0.1) is 5.92 Å². The van der Waals surface area contributed by atoms with Crippen LogP contribution in [0.15, 0.2) is 6.20 Å². The standard InChI is InChI=1S/C15H22F3N7/c1-3-6-25-14(20-21-22-25)10-23(2)7-11-4-5-13-19-12(15(16,17)18)9-24(13)8-11/h9,11H,3-8,10H2,1-2H3/t11-/m0/s1. The first kappa shape index (κ1) is 17.8. The lowest BCUT2D eigenvalue weighted by molar-refractivity contribution is -0.141. The van der Waals surface area contributed by atoms with Gasteiger partial charge in [-0.25, -0.2) is 9.67 Å². The minimum absolute atomic E-state index is 0.281. The fourth-order valence-corrected chi connectivity index (χ4v) is 3.27. The summed E-state index contributed by atoms with van der Waals surface area (Å²) in [5, 5.41) is 11.7. The second-order valence-electron chi connectivity index (χ2n) is 6.61.